The maximum Gasteiger partial charge on any atom is 0.278 e. The van der Waals surface area contributed by atoms with E-state index in [1.807, 2.05) is 18.2 Å². The standard InChI is InChI=1S/C21H21N5O3S/c1-3-17(27)23-16-12-8-7-11-15(16)18-20(29)24-21(26-25-18)30-13(2)19(28)22-14-9-5-4-6-10-14/h4-13H,3H2,1-2H3,(H,22,28)(H,23,27)(H,24,26,29). The van der Waals surface area contributed by atoms with Crippen LogP contribution in [0.15, 0.2) is 64.5 Å². The van der Waals surface area contributed by atoms with Crippen molar-refractivity contribution in [3.8, 4) is 11.3 Å². The monoisotopic (exact) mass is 423 g/mol. The summed E-state index contributed by atoms with van der Waals surface area (Å²) in [6, 6.07) is 16.0. The lowest BCUT2D eigenvalue weighted by molar-refractivity contribution is -0.116. The van der Waals surface area contributed by atoms with Crippen LogP contribution in [0, 0.1) is 0 Å². The summed E-state index contributed by atoms with van der Waals surface area (Å²) in [5.74, 6) is -0.386. The van der Waals surface area contributed by atoms with Crippen molar-refractivity contribution < 1.29 is 9.59 Å². The minimum absolute atomic E-state index is 0.0905. The second kappa shape index (κ2) is 9.84. The van der Waals surface area contributed by atoms with Gasteiger partial charge in [-0.3, -0.25) is 19.4 Å². The third-order valence-electron chi connectivity index (χ3n) is 4.15. The number of hydrogen-bond acceptors (Lipinski definition) is 6. The van der Waals surface area contributed by atoms with Crippen LogP contribution in [0.1, 0.15) is 20.3 Å². The van der Waals surface area contributed by atoms with Gasteiger partial charge in [-0.25, -0.2) is 0 Å². The number of para-hydroxylation sites is 2. The molecule has 2 amide bonds. The number of anilines is 2. The second-order valence-corrected chi connectivity index (χ2v) is 7.70. The van der Waals surface area contributed by atoms with Gasteiger partial charge in [0.25, 0.3) is 5.56 Å². The van der Waals surface area contributed by atoms with E-state index in [0.29, 0.717) is 23.4 Å². The van der Waals surface area contributed by atoms with E-state index in [4.69, 9.17) is 0 Å². The van der Waals surface area contributed by atoms with Crippen molar-refractivity contribution in [2.24, 2.45) is 0 Å². The summed E-state index contributed by atoms with van der Waals surface area (Å²) in [5, 5.41) is 13.4. The molecule has 0 bridgehead atoms. The molecule has 0 saturated heterocycles. The quantitative estimate of drug-likeness (QED) is 0.502. The predicted octanol–water partition coefficient (Wildman–Crippen LogP) is 3.30. The molecule has 8 nitrogen and oxygen atoms in total. The maximum absolute atomic E-state index is 12.6. The zero-order valence-electron chi connectivity index (χ0n) is 16.5. The van der Waals surface area contributed by atoms with Crippen molar-refractivity contribution in [1.29, 1.82) is 0 Å². The summed E-state index contributed by atoms with van der Waals surface area (Å²) in [6.07, 6.45) is 0.314. The van der Waals surface area contributed by atoms with Crippen LogP contribution in [0.3, 0.4) is 0 Å². The number of nitrogens with zero attached hydrogens (tertiary/aromatic N) is 2. The molecule has 0 aliphatic heterocycles. The largest absolute Gasteiger partial charge is 0.325 e. The second-order valence-electron chi connectivity index (χ2n) is 6.37. The Morgan fingerprint density at radius 1 is 1.03 bits per heavy atom. The first-order chi connectivity index (χ1) is 14.5. The number of benzene rings is 2. The van der Waals surface area contributed by atoms with Gasteiger partial charge in [0.2, 0.25) is 11.8 Å². The van der Waals surface area contributed by atoms with Crippen LogP contribution in [-0.4, -0.2) is 32.2 Å². The van der Waals surface area contributed by atoms with E-state index >= 15 is 0 Å². The van der Waals surface area contributed by atoms with E-state index in [-0.39, 0.29) is 22.7 Å². The summed E-state index contributed by atoms with van der Waals surface area (Å²) in [5.41, 5.74) is 1.28. The number of amides is 2. The first-order valence-corrected chi connectivity index (χ1v) is 10.2. The van der Waals surface area contributed by atoms with Crippen molar-refractivity contribution in [3.63, 3.8) is 0 Å². The first kappa shape index (κ1) is 21.3. The van der Waals surface area contributed by atoms with Gasteiger partial charge in [0.05, 0.1) is 10.9 Å². The Kier molecular flexibility index (Phi) is 6.97. The molecule has 0 aliphatic carbocycles. The average Bonchev–Trinajstić information content (AvgIpc) is 2.75. The highest BCUT2D eigenvalue weighted by Crippen LogP contribution is 2.25. The first-order valence-electron chi connectivity index (χ1n) is 9.36. The molecule has 3 aromatic rings. The molecule has 1 heterocycles. The van der Waals surface area contributed by atoms with E-state index < -0.39 is 10.8 Å². The minimum atomic E-state index is -0.503. The van der Waals surface area contributed by atoms with E-state index in [9.17, 15) is 14.4 Å². The third-order valence-corrected chi connectivity index (χ3v) is 5.13. The normalized spacial score (nSPS) is 11.5. The number of nitrogens with one attached hydrogen (secondary N) is 3. The number of carbonyl (C=O) groups excluding carboxylic acids is 2. The molecular weight excluding hydrogens is 402 g/mol. The number of rotatable bonds is 7. The molecule has 1 unspecified atom stereocenters. The van der Waals surface area contributed by atoms with Gasteiger partial charge in [0, 0.05) is 17.7 Å². The van der Waals surface area contributed by atoms with Crippen LogP contribution in [-0.2, 0) is 9.59 Å². The van der Waals surface area contributed by atoms with Crippen LogP contribution >= 0.6 is 11.8 Å². The molecule has 3 rings (SSSR count). The Labute approximate surface area is 177 Å². The molecule has 3 N–H and O–H groups in total. The fourth-order valence-electron chi connectivity index (χ4n) is 2.57. The summed E-state index contributed by atoms with van der Waals surface area (Å²) in [4.78, 5) is 39.4. The molecule has 2 aromatic carbocycles. The van der Waals surface area contributed by atoms with Crippen molar-refractivity contribution in [2.75, 3.05) is 10.6 Å². The number of hydrogen-bond donors (Lipinski definition) is 3. The van der Waals surface area contributed by atoms with E-state index in [1.165, 1.54) is 0 Å². The third kappa shape index (κ3) is 5.32. The molecule has 0 aliphatic rings. The van der Waals surface area contributed by atoms with Crippen molar-refractivity contribution in [3.05, 3.63) is 65.0 Å². The Hall–Kier alpha value is -3.46. The molecule has 154 valence electrons. The van der Waals surface area contributed by atoms with Crippen LogP contribution in [0.25, 0.3) is 11.3 Å². The van der Waals surface area contributed by atoms with Gasteiger partial charge in [-0.2, -0.15) is 0 Å². The molecule has 0 fully saturated rings. The predicted molar refractivity (Wildman–Crippen MR) is 117 cm³/mol. The SMILES string of the molecule is CCC(=O)Nc1ccccc1-c1nnc(SC(C)C(=O)Nc2ccccc2)[nH]c1=O. The van der Waals surface area contributed by atoms with Gasteiger partial charge in [-0.05, 0) is 25.1 Å². The highest BCUT2D eigenvalue weighted by Gasteiger charge is 2.18. The molecule has 0 spiro atoms. The van der Waals surface area contributed by atoms with E-state index in [1.54, 1.807) is 50.2 Å². The van der Waals surface area contributed by atoms with E-state index in [0.717, 1.165) is 11.8 Å². The zero-order valence-corrected chi connectivity index (χ0v) is 17.3. The Bertz CT molecular complexity index is 1100. The molecular formula is C21H21N5O3S. The number of H-pyrrole nitrogens is 1. The van der Waals surface area contributed by atoms with Gasteiger partial charge in [0.15, 0.2) is 10.9 Å². The van der Waals surface area contributed by atoms with Crippen LogP contribution in [0.5, 0.6) is 0 Å². The number of thioether (sulfide) groups is 1. The molecule has 1 atom stereocenters. The van der Waals surface area contributed by atoms with Gasteiger partial charge >= 0.3 is 0 Å². The zero-order chi connectivity index (χ0) is 21.5. The number of carbonyl (C=O) groups is 2. The lowest BCUT2D eigenvalue weighted by Crippen LogP contribution is -2.23. The fourth-order valence-corrected chi connectivity index (χ4v) is 3.32. The van der Waals surface area contributed by atoms with E-state index in [2.05, 4.69) is 25.8 Å². The molecule has 0 radical (unpaired) electrons. The fraction of sp³-hybridized carbons (Fsp3) is 0.190. The molecule has 30 heavy (non-hydrogen) atoms. The van der Waals surface area contributed by atoms with Gasteiger partial charge in [0.1, 0.15) is 0 Å². The van der Waals surface area contributed by atoms with Crippen LogP contribution in [0.2, 0.25) is 0 Å². The van der Waals surface area contributed by atoms with Crippen molar-refractivity contribution in [2.45, 2.75) is 30.7 Å². The highest BCUT2D eigenvalue weighted by molar-refractivity contribution is 8.00. The Morgan fingerprint density at radius 2 is 1.73 bits per heavy atom. The van der Waals surface area contributed by atoms with Gasteiger partial charge < -0.3 is 10.6 Å². The molecule has 1 aromatic heterocycles. The summed E-state index contributed by atoms with van der Waals surface area (Å²) >= 11 is 1.10. The average molecular weight is 423 g/mol. The van der Waals surface area contributed by atoms with Crippen molar-refractivity contribution >= 4 is 35.0 Å². The molecule has 0 saturated carbocycles. The smallest absolute Gasteiger partial charge is 0.278 e. The summed E-state index contributed by atoms with van der Waals surface area (Å²) in [7, 11) is 0. The minimum Gasteiger partial charge on any atom is -0.325 e. The topological polar surface area (TPSA) is 117 Å². The van der Waals surface area contributed by atoms with Crippen molar-refractivity contribution in [1.82, 2.24) is 15.2 Å². The molecule has 9 heteroatoms. The van der Waals surface area contributed by atoms with Crippen LogP contribution < -0.4 is 16.2 Å². The Morgan fingerprint density at radius 3 is 2.43 bits per heavy atom. The lowest BCUT2D eigenvalue weighted by Gasteiger charge is -2.12. The number of aromatic nitrogens is 3. The maximum atomic E-state index is 12.6. The summed E-state index contributed by atoms with van der Waals surface area (Å²) < 4.78 is 0. The van der Waals surface area contributed by atoms with Gasteiger partial charge in [-0.15, -0.1) is 10.2 Å². The number of aromatic amines is 1. The summed E-state index contributed by atoms with van der Waals surface area (Å²) in [6.45, 7) is 3.46. The highest BCUT2D eigenvalue weighted by atomic mass is 32.2. The van der Waals surface area contributed by atoms with Crippen LogP contribution in [0.4, 0.5) is 11.4 Å². The lowest BCUT2D eigenvalue weighted by atomic mass is 10.1. The Balaban J connectivity index is 1.75. The van der Waals surface area contributed by atoms with Gasteiger partial charge in [-0.1, -0.05) is 55.1 Å².